The summed E-state index contributed by atoms with van der Waals surface area (Å²) >= 11 is 0. The van der Waals surface area contributed by atoms with Gasteiger partial charge in [-0.15, -0.1) is 0 Å². The van der Waals surface area contributed by atoms with Gasteiger partial charge in [-0.3, -0.25) is 0 Å². The van der Waals surface area contributed by atoms with Gasteiger partial charge in [0.2, 0.25) is 0 Å². The van der Waals surface area contributed by atoms with Crippen molar-refractivity contribution >= 4 is 0 Å². The van der Waals surface area contributed by atoms with Gasteiger partial charge in [0, 0.05) is 26.0 Å². The van der Waals surface area contributed by atoms with E-state index in [1.54, 1.807) is 29.1 Å². The first-order chi connectivity index (χ1) is 7.22. The first-order valence-electron chi connectivity index (χ1n) is 4.68. The van der Waals surface area contributed by atoms with Crippen LogP contribution in [0.3, 0.4) is 0 Å². The Labute approximate surface area is 87.4 Å². The SMILES string of the molecule is Cn1ccnc1-c1cc(CN)ccc1F. The molecule has 0 bridgehead atoms. The summed E-state index contributed by atoms with van der Waals surface area (Å²) in [5.41, 5.74) is 6.90. The van der Waals surface area contributed by atoms with E-state index in [1.165, 1.54) is 6.07 Å². The minimum Gasteiger partial charge on any atom is -0.334 e. The van der Waals surface area contributed by atoms with Crippen LogP contribution >= 0.6 is 0 Å². The smallest absolute Gasteiger partial charge is 0.142 e. The van der Waals surface area contributed by atoms with E-state index in [1.807, 2.05) is 7.05 Å². The van der Waals surface area contributed by atoms with Crippen molar-refractivity contribution in [3.8, 4) is 11.4 Å². The van der Waals surface area contributed by atoms with Crippen LogP contribution in [0.2, 0.25) is 0 Å². The molecule has 0 saturated carbocycles. The van der Waals surface area contributed by atoms with Crippen LogP contribution in [0.4, 0.5) is 4.39 Å². The fourth-order valence-corrected chi connectivity index (χ4v) is 1.50. The summed E-state index contributed by atoms with van der Waals surface area (Å²) in [6, 6.07) is 4.84. The standard InChI is InChI=1S/C11H12FN3/c1-15-5-4-14-11(15)9-6-8(7-13)2-3-10(9)12/h2-6H,7,13H2,1H3. The number of nitrogens with zero attached hydrogens (tertiary/aromatic N) is 2. The van der Waals surface area contributed by atoms with Gasteiger partial charge in [0.25, 0.3) is 0 Å². The molecule has 0 atom stereocenters. The van der Waals surface area contributed by atoms with Crippen molar-refractivity contribution in [3.05, 3.63) is 42.0 Å². The Morgan fingerprint density at radius 2 is 2.27 bits per heavy atom. The van der Waals surface area contributed by atoms with Gasteiger partial charge in [-0.1, -0.05) is 6.07 Å². The highest BCUT2D eigenvalue weighted by atomic mass is 19.1. The second-order valence-electron chi connectivity index (χ2n) is 3.38. The summed E-state index contributed by atoms with van der Waals surface area (Å²) < 4.78 is 15.3. The molecule has 0 fully saturated rings. The van der Waals surface area contributed by atoms with Gasteiger partial charge in [-0.05, 0) is 17.7 Å². The molecule has 4 heteroatoms. The Morgan fingerprint density at radius 3 is 2.87 bits per heavy atom. The second kappa shape index (κ2) is 3.82. The van der Waals surface area contributed by atoms with Crippen LogP contribution in [0.1, 0.15) is 5.56 Å². The van der Waals surface area contributed by atoms with E-state index < -0.39 is 0 Å². The van der Waals surface area contributed by atoms with E-state index in [0.29, 0.717) is 17.9 Å². The van der Waals surface area contributed by atoms with Crippen molar-refractivity contribution in [1.82, 2.24) is 9.55 Å². The van der Waals surface area contributed by atoms with Crippen molar-refractivity contribution in [1.29, 1.82) is 0 Å². The van der Waals surface area contributed by atoms with Crippen molar-refractivity contribution in [3.63, 3.8) is 0 Å². The number of aryl methyl sites for hydroxylation is 1. The first-order valence-corrected chi connectivity index (χ1v) is 4.68. The molecule has 2 N–H and O–H groups in total. The topological polar surface area (TPSA) is 43.8 Å². The summed E-state index contributed by atoms with van der Waals surface area (Å²) in [6.07, 6.45) is 3.42. The normalized spacial score (nSPS) is 10.6. The maximum absolute atomic E-state index is 13.6. The van der Waals surface area contributed by atoms with Crippen LogP contribution in [0.15, 0.2) is 30.6 Å². The minimum atomic E-state index is -0.276. The van der Waals surface area contributed by atoms with Crippen molar-refractivity contribution < 1.29 is 4.39 Å². The van der Waals surface area contributed by atoms with E-state index in [9.17, 15) is 4.39 Å². The predicted molar refractivity (Wildman–Crippen MR) is 56.5 cm³/mol. The van der Waals surface area contributed by atoms with E-state index in [2.05, 4.69) is 4.98 Å². The average Bonchev–Trinajstić information content (AvgIpc) is 2.65. The Hall–Kier alpha value is -1.68. The van der Waals surface area contributed by atoms with Crippen LogP contribution in [-0.4, -0.2) is 9.55 Å². The zero-order chi connectivity index (χ0) is 10.8. The summed E-state index contributed by atoms with van der Waals surface area (Å²) in [6.45, 7) is 0.400. The molecule has 2 rings (SSSR count). The summed E-state index contributed by atoms with van der Waals surface area (Å²) in [5.74, 6) is 0.337. The molecule has 78 valence electrons. The van der Waals surface area contributed by atoms with Crippen LogP contribution in [0, 0.1) is 5.82 Å². The molecule has 3 nitrogen and oxygen atoms in total. The Balaban J connectivity index is 2.56. The van der Waals surface area contributed by atoms with Crippen molar-refractivity contribution in [2.45, 2.75) is 6.54 Å². The van der Waals surface area contributed by atoms with Crippen molar-refractivity contribution in [2.24, 2.45) is 12.8 Å². The van der Waals surface area contributed by atoms with Gasteiger partial charge in [-0.2, -0.15) is 0 Å². The molecule has 0 spiro atoms. The van der Waals surface area contributed by atoms with E-state index in [4.69, 9.17) is 5.73 Å². The van der Waals surface area contributed by atoms with Gasteiger partial charge >= 0.3 is 0 Å². The van der Waals surface area contributed by atoms with Gasteiger partial charge < -0.3 is 10.3 Å². The Kier molecular flexibility index (Phi) is 2.51. The minimum absolute atomic E-state index is 0.276. The van der Waals surface area contributed by atoms with Crippen molar-refractivity contribution in [2.75, 3.05) is 0 Å². The highest BCUT2D eigenvalue weighted by Gasteiger charge is 2.09. The maximum atomic E-state index is 13.6. The number of benzene rings is 1. The summed E-state index contributed by atoms with van der Waals surface area (Å²) in [4.78, 5) is 4.10. The monoisotopic (exact) mass is 205 g/mol. The first kappa shape index (κ1) is 9.86. The molecule has 1 heterocycles. The Bertz CT molecular complexity index is 476. The van der Waals surface area contributed by atoms with Gasteiger partial charge in [-0.25, -0.2) is 9.37 Å². The molecular weight excluding hydrogens is 193 g/mol. The Morgan fingerprint density at radius 1 is 1.47 bits per heavy atom. The third kappa shape index (κ3) is 1.76. The molecule has 2 aromatic rings. The number of aromatic nitrogens is 2. The number of hydrogen-bond acceptors (Lipinski definition) is 2. The highest BCUT2D eigenvalue weighted by Crippen LogP contribution is 2.21. The highest BCUT2D eigenvalue weighted by molar-refractivity contribution is 5.57. The molecule has 0 amide bonds. The zero-order valence-electron chi connectivity index (χ0n) is 8.44. The summed E-state index contributed by atoms with van der Waals surface area (Å²) in [7, 11) is 1.83. The van der Waals surface area contributed by atoms with Crippen LogP contribution in [0.25, 0.3) is 11.4 Å². The summed E-state index contributed by atoms with van der Waals surface area (Å²) in [5, 5.41) is 0. The third-order valence-electron chi connectivity index (χ3n) is 2.33. The fourth-order valence-electron chi connectivity index (χ4n) is 1.50. The molecule has 0 aliphatic heterocycles. The van der Waals surface area contributed by atoms with Crippen LogP contribution in [0.5, 0.6) is 0 Å². The van der Waals surface area contributed by atoms with E-state index >= 15 is 0 Å². The molecule has 0 radical (unpaired) electrons. The lowest BCUT2D eigenvalue weighted by Crippen LogP contribution is -1.99. The lowest BCUT2D eigenvalue weighted by Gasteiger charge is -2.05. The molecule has 0 saturated heterocycles. The molecular formula is C11H12FN3. The predicted octanol–water partition coefficient (Wildman–Crippen LogP) is 1.68. The van der Waals surface area contributed by atoms with Gasteiger partial charge in [0.1, 0.15) is 11.6 Å². The number of hydrogen-bond donors (Lipinski definition) is 1. The molecule has 0 unspecified atom stereocenters. The number of halogens is 1. The quantitative estimate of drug-likeness (QED) is 0.810. The third-order valence-corrected chi connectivity index (χ3v) is 2.33. The lowest BCUT2D eigenvalue weighted by atomic mass is 10.1. The maximum Gasteiger partial charge on any atom is 0.142 e. The molecule has 15 heavy (non-hydrogen) atoms. The largest absolute Gasteiger partial charge is 0.334 e. The fraction of sp³-hybridized carbons (Fsp3) is 0.182. The van der Waals surface area contributed by atoms with Gasteiger partial charge in [0.15, 0.2) is 0 Å². The number of imidazole rings is 1. The van der Waals surface area contributed by atoms with Crippen LogP contribution < -0.4 is 5.73 Å². The zero-order valence-corrected chi connectivity index (χ0v) is 8.44. The average molecular weight is 205 g/mol. The lowest BCUT2D eigenvalue weighted by molar-refractivity contribution is 0.628. The van der Waals surface area contributed by atoms with E-state index in [-0.39, 0.29) is 5.82 Å². The van der Waals surface area contributed by atoms with E-state index in [0.717, 1.165) is 5.56 Å². The van der Waals surface area contributed by atoms with Gasteiger partial charge in [0.05, 0.1) is 5.56 Å². The molecule has 1 aromatic heterocycles. The number of nitrogens with two attached hydrogens (primary N) is 1. The molecule has 0 aliphatic rings. The molecule has 1 aromatic carbocycles. The number of rotatable bonds is 2. The second-order valence-corrected chi connectivity index (χ2v) is 3.38. The molecule has 0 aliphatic carbocycles. The van der Waals surface area contributed by atoms with Crippen LogP contribution in [-0.2, 0) is 13.6 Å².